The second kappa shape index (κ2) is 14.1. The van der Waals surface area contributed by atoms with Gasteiger partial charge in [0.2, 0.25) is 5.88 Å². The van der Waals surface area contributed by atoms with E-state index in [0.29, 0.717) is 0 Å². The summed E-state index contributed by atoms with van der Waals surface area (Å²) in [7, 11) is 0. The molecule has 0 saturated heterocycles. The van der Waals surface area contributed by atoms with Gasteiger partial charge in [-0.25, -0.2) is 0 Å². The van der Waals surface area contributed by atoms with Gasteiger partial charge in [-0.3, -0.25) is 4.90 Å². The predicted octanol–water partition coefficient (Wildman–Crippen LogP) is 13.9. The van der Waals surface area contributed by atoms with Crippen molar-refractivity contribution in [2.45, 2.75) is 78.6 Å². The molecule has 0 spiro atoms. The van der Waals surface area contributed by atoms with Crippen molar-refractivity contribution in [2.24, 2.45) is 0 Å². The summed E-state index contributed by atoms with van der Waals surface area (Å²) in [4.78, 5) is 7.31. The molecular weight excluding hydrogens is 741 g/mol. The van der Waals surface area contributed by atoms with Crippen LogP contribution in [0.3, 0.4) is 0 Å². The van der Waals surface area contributed by atoms with E-state index in [2.05, 4.69) is 241 Å². The van der Waals surface area contributed by atoms with Gasteiger partial charge < -0.3 is 14.2 Å². The highest BCUT2D eigenvalue weighted by Gasteiger charge is 2.47. The minimum absolute atomic E-state index is 0.0124. The first-order chi connectivity index (χ1) is 29.2. The summed E-state index contributed by atoms with van der Waals surface area (Å²) in [6.07, 6.45) is 0. The highest BCUT2D eigenvalue weighted by atomic mass is 16.4. The Morgan fingerprint density at radius 3 is 1.44 bits per heavy atom. The van der Waals surface area contributed by atoms with Gasteiger partial charge in [-0.2, -0.15) is 0 Å². The Hall–Kier alpha value is -6.46. The molecule has 8 aromatic rings. The predicted molar refractivity (Wildman–Crippen MR) is 261 cm³/mol. The van der Waals surface area contributed by atoms with Crippen molar-refractivity contribution >= 4 is 85.5 Å². The first kappa shape index (κ1) is 38.7. The van der Waals surface area contributed by atoms with E-state index in [4.69, 9.17) is 4.42 Å². The smallest absolute Gasteiger partial charge is 0.257 e. The van der Waals surface area contributed by atoms with E-state index in [1.165, 1.54) is 38.8 Å². The van der Waals surface area contributed by atoms with Crippen molar-refractivity contribution in [3.05, 3.63) is 180 Å². The van der Waals surface area contributed by atoms with E-state index < -0.39 is 0 Å². The molecule has 61 heavy (non-hydrogen) atoms. The number of nitrogens with zero attached hydrogens (tertiary/aromatic N) is 3. The molecular formula is C56H54BN3O. The van der Waals surface area contributed by atoms with Crippen LogP contribution in [0.4, 0.5) is 51.4 Å². The molecule has 0 radical (unpaired) electrons. The van der Waals surface area contributed by atoms with Crippen molar-refractivity contribution in [1.29, 1.82) is 0 Å². The van der Waals surface area contributed by atoms with Crippen molar-refractivity contribution in [3.8, 4) is 0 Å². The van der Waals surface area contributed by atoms with Crippen molar-refractivity contribution < 1.29 is 4.42 Å². The van der Waals surface area contributed by atoms with E-state index >= 15 is 0 Å². The van der Waals surface area contributed by atoms with Crippen molar-refractivity contribution in [3.63, 3.8) is 0 Å². The number of rotatable bonds is 5. The summed E-state index contributed by atoms with van der Waals surface area (Å²) < 4.78 is 7.15. The lowest BCUT2D eigenvalue weighted by molar-refractivity contribution is 0.590. The molecule has 0 fully saturated rings. The van der Waals surface area contributed by atoms with Crippen LogP contribution >= 0.6 is 0 Å². The van der Waals surface area contributed by atoms with Gasteiger partial charge in [0.05, 0.1) is 5.69 Å². The van der Waals surface area contributed by atoms with Gasteiger partial charge in [0.15, 0.2) is 0 Å². The average Bonchev–Trinajstić information content (AvgIpc) is 3.62. The quantitative estimate of drug-likeness (QED) is 0.162. The SMILES string of the molecule is CC(C)(C)c1ccc(N2c3ccc(C(C)(C)C)cc3B3c4c2cc(N(c2ccccc2)c2ccccc2)cc4N(c2ccc(C(C)(C)C)cc2)c2oc4ccccc4c23)cc1. The molecule has 0 aliphatic carbocycles. The Morgan fingerprint density at radius 2 is 0.902 bits per heavy atom. The Labute approximate surface area is 362 Å². The molecule has 0 saturated carbocycles. The monoisotopic (exact) mass is 795 g/mol. The lowest BCUT2D eigenvalue weighted by atomic mass is 9.33. The van der Waals surface area contributed by atoms with Crippen LogP contribution in [0.2, 0.25) is 0 Å². The van der Waals surface area contributed by atoms with E-state index in [1.54, 1.807) is 0 Å². The second-order valence-electron chi connectivity index (χ2n) is 19.9. The molecule has 0 atom stereocenters. The third kappa shape index (κ3) is 6.53. The standard InChI is InChI=1S/C56H54BN3O/c1-54(2,3)37-24-29-42(30-25-37)59-47-33-28-39(56(7,8)9)34-46(47)57-51-45-22-16-17-23-50(45)61-53(51)60(43-31-26-38(27-32-43)55(4,5)6)49-36-44(35-48(59)52(49)57)58(40-18-12-10-13-19-40)41-20-14-11-15-21-41/h10-36H,1-9H3. The summed E-state index contributed by atoms with van der Waals surface area (Å²) in [5.74, 6) is 0.867. The molecule has 3 heterocycles. The summed E-state index contributed by atoms with van der Waals surface area (Å²) in [6.45, 7) is 20.5. The third-order valence-electron chi connectivity index (χ3n) is 12.7. The molecule has 0 amide bonds. The molecule has 2 aliphatic rings. The summed E-state index contributed by atoms with van der Waals surface area (Å²) in [6, 6.07) is 60.5. The van der Waals surface area contributed by atoms with Gasteiger partial charge in [0.1, 0.15) is 5.58 Å². The second-order valence-corrected chi connectivity index (χ2v) is 19.9. The highest BCUT2D eigenvalue weighted by Crippen LogP contribution is 2.49. The number of benzene rings is 7. The fourth-order valence-corrected chi connectivity index (χ4v) is 9.41. The van der Waals surface area contributed by atoms with Crippen LogP contribution in [0.15, 0.2) is 168 Å². The molecule has 7 aromatic carbocycles. The maximum Gasteiger partial charge on any atom is 0.257 e. The summed E-state index contributed by atoms with van der Waals surface area (Å²) in [5, 5.41) is 1.14. The Balaban J connectivity index is 1.35. The highest BCUT2D eigenvalue weighted by molar-refractivity contribution is 7.01. The maximum atomic E-state index is 7.15. The van der Waals surface area contributed by atoms with E-state index in [-0.39, 0.29) is 23.0 Å². The minimum atomic E-state index is -0.0907. The summed E-state index contributed by atoms with van der Waals surface area (Å²) >= 11 is 0. The third-order valence-corrected chi connectivity index (χ3v) is 12.7. The number of anilines is 9. The molecule has 0 bridgehead atoms. The maximum absolute atomic E-state index is 7.15. The Morgan fingerprint density at radius 1 is 0.426 bits per heavy atom. The van der Waals surface area contributed by atoms with E-state index in [1.807, 2.05) is 0 Å². The van der Waals surface area contributed by atoms with Crippen LogP contribution in [-0.4, -0.2) is 6.71 Å². The molecule has 0 N–H and O–H groups in total. The van der Waals surface area contributed by atoms with Crippen molar-refractivity contribution in [1.82, 2.24) is 0 Å². The van der Waals surface area contributed by atoms with Gasteiger partial charge in [0, 0.05) is 50.7 Å². The fraction of sp³-hybridized carbons (Fsp3) is 0.214. The average molecular weight is 796 g/mol. The van der Waals surface area contributed by atoms with Gasteiger partial charge in [-0.15, -0.1) is 0 Å². The zero-order valence-electron chi connectivity index (χ0n) is 36.9. The van der Waals surface area contributed by atoms with Gasteiger partial charge in [-0.1, -0.05) is 153 Å². The van der Waals surface area contributed by atoms with Crippen LogP contribution in [-0.2, 0) is 16.2 Å². The fourth-order valence-electron chi connectivity index (χ4n) is 9.41. The van der Waals surface area contributed by atoms with Gasteiger partial charge >= 0.3 is 0 Å². The first-order valence-electron chi connectivity index (χ1n) is 21.7. The van der Waals surface area contributed by atoms with Gasteiger partial charge in [0.25, 0.3) is 6.71 Å². The lowest BCUT2D eigenvalue weighted by Crippen LogP contribution is -2.61. The van der Waals surface area contributed by atoms with E-state index in [0.717, 1.165) is 56.7 Å². The molecule has 4 nitrogen and oxygen atoms in total. The van der Waals surface area contributed by atoms with E-state index in [9.17, 15) is 0 Å². The number of para-hydroxylation sites is 3. The van der Waals surface area contributed by atoms with Crippen molar-refractivity contribution in [2.75, 3.05) is 14.7 Å². The zero-order valence-corrected chi connectivity index (χ0v) is 36.9. The number of hydrogen-bond acceptors (Lipinski definition) is 4. The van der Waals surface area contributed by atoms with Crippen LogP contribution in [0.25, 0.3) is 11.0 Å². The van der Waals surface area contributed by atoms with Crippen LogP contribution < -0.4 is 31.1 Å². The summed E-state index contributed by atoms with van der Waals surface area (Å²) in [5.41, 5.74) is 17.4. The molecule has 2 aliphatic heterocycles. The van der Waals surface area contributed by atoms with Gasteiger partial charge in [-0.05, 0) is 117 Å². The Kier molecular flexibility index (Phi) is 8.93. The Bertz CT molecular complexity index is 2870. The minimum Gasteiger partial charge on any atom is -0.440 e. The first-order valence-corrected chi connectivity index (χ1v) is 21.7. The normalized spacial score (nSPS) is 13.6. The molecule has 5 heteroatoms. The lowest BCUT2D eigenvalue weighted by Gasteiger charge is -2.44. The molecule has 10 rings (SSSR count). The van der Waals surface area contributed by atoms with Crippen LogP contribution in [0.1, 0.15) is 79.0 Å². The molecule has 0 unspecified atom stereocenters. The topological polar surface area (TPSA) is 22.9 Å². The largest absolute Gasteiger partial charge is 0.440 e. The number of hydrogen-bond donors (Lipinski definition) is 0. The number of furan rings is 1. The molecule has 1 aromatic heterocycles. The number of fused-ring (bicyclic) bond motifs is 6. The van der Waals surface area contributed by atoms with Crippen LogP contribution in [0.5, 0.6) is 0 Å². The zero-order chi connectivity index (χ0) is 42.4. The van der Waals surface area contributed by atoms with Crippen LogP contribution in [0, 0.1) is 0 Å². The molecule has 302 valence electrons.